The summed E-state index contributed by atoms with van der Waals surface area (Å²) in [7, 11) is 0. The third kappa shape index (κ3) is 6.46. The molecule has 2 aromatic carbocycles. The molecule has 5 nitrogen and oxygen atoms in total. The molecule has 156 valence electrons. The largest absolute Gasteiger partial charge is 0.484 e. The molecule has 0 saturated carbocycles. The van der Waals surface area contributed by atoms with Gasteiger partial charge in [0.05, 0.1) is 0 Å². The summed E-state index contributed by atoms with van der Waals surface area (Å²) >= 11 is 6.01. The molecule has 1 atom stereocenters. The molecule has 0 aliphatic rings. The molecule has 0 spiro atoms. The minimum atomic E-state index is -0.774. The molecule has 0 bridgehead atoms. The van der Waals surface area contributed by atoms with Crippen LogP contribution in [0.3, 0.4) is 0 Å². The Morgan fingerprint density at radius 1 is 1.24 bits per heavy atom. The van der Waals surface area contributed by atoms with Gasteiger partial charge in [-0.25, -0.2) is 4.39 Å². The van der Waals surface area contributed by atoms with E-state index < -0.39 is 17.8 Å². The highest BCUT2D eigenvalue weighted by atomic mass is 35.5. The molecule has 0 unspecified atom stereocenters. The van der Waals surface area contributed by atoms with Crippen molar-refractivity contribution in [3.8, 4) is 5.75 Å². The van der Waals surface area contributed by atoms with Crippen LogP contribution >= 0.6 is 11.6 Å². The quantitative estimate of drug-likeness (QED) is 0.664. The summed E-state index contributed by atoms with van der Waals surface area (Å²) in [5.41, 5.74) is 1.16. The van der Waals surface area contributed by atoms with E-state index in [4.69, 9.17) is 16.3 Å². The molecule has 0 fully saturated rings. The van der Waals surface area contributed by atoms with E-state index in [1.165, 1.54) is 11.0 Å². The zero-order chi connectivity index (χ0) is 21.4. The van der Waals surface area contributed by atoms with Crippen LogP contribution in [0.5, 0.6) is 5.75 Å². The average Bonchev–Trinajstić information content (AvgIpc) is 2.71. The third-order valence-corrected chi connectivity index (χ3v) is 4.93. The number of nitrogens with zero attached hydrogens (tertiary/aromatic N) is 1. The maximum Gasteiger partial charge on any atom is 0.261 e. The Labute approximate surface area is 175 Å². The molecule has 2 rings (SSSR count). The number of halogens is 2. The first kappa shape index (κ1) is 22.7. The summed E-state index contributed by atoms with van der Waals surface area (Å²) in [6.45, 7) is 5.59. The topological polar surface area (TPSA) is 58.6 Å². The maximum absolute atomic E-state index is 14.1. The van der Waals surface area contributed by atoms with E-state index in [2.05, 4.69) is 5.32 Å². The molecule has 0 heterocycles. The number of hydrogen-bond acceptors (Lipinski definition) is 3. The minimum absolute atomic E-state index is 0.0325. The first-order valence-corrected chi connectivity index (χ1v) is 9.90. The summed E-state index contributed by atoms with van der Waals surface area (Å²) < 4.78 is 19.7. The van der Waals surface area contributed by atoms with Crippen LogP contribution in [0.2, 0.25) is 5.02 Å². The van der Waals surface area contributed by atoms with Crippen molar-refractivity contribution in [2.75, 3.05) is 13.2 Å². The van der Waals surface area contributed by atoms with Gasteiger partial charge < -0.3 is 15.0 Å². The van der Waals surface area contributed by atoms with Crippen molar-refractivity contribution in [1.82, 2.24) is 10.2 Å². The van der Waals surface area contributed by atoms with Gasteiger partial charge in [-0.2, -0.15) is 0 Å². The molecule has 2 amide bonds. The van der Waals surface area contributed by atoms with Crippen LogP contribution in [-0.2, 0) is 16.1 Å². The fourth-order valence-corrected chi connectivity index (χ4v) is 2.84. The Hall–Kier alpha value is -2.60. The van der Waals surface area contributed by atoms with Gasteiger partial charge in [0, 0.05) is 23.7 Å². The Morgan fingerprint density at radius 2 is 1.97 bits per heavy atom. The first-order valence-electron chi connectivity index (χ1n) is 9.53. The molecule has 2 aromatic rings. The number of carbonyl (C=O) groups excluding carboxylic acids is 2. The highest BCUT2D eigenvalue weighted by Crippen LogP contribution is 2.21. The molecule has 7 heteroatoms. The molecule has 1 N–H and O–H groups in total. The zero-order valence-corrected chi connectivity index (χ0v) is 17.6. The molecule has 0 radical (unpaired) electrons. The molecule has 0 saturated heterocycles. The van der Waals surface area contributed by atoms with Crippen molar-refractivity contribution in [3.05, 3.63) is 64.4 Å². The second-order valence-electron chi connectivity index (χ2n) is 6.78. The molecule has 0 aromatic heterocycles. The minimum Gasteiger partial charge on any atom is -0.484 e. The standard InChI is InChI=1S/C22H26ClFN2O3/c1-4-11-25-22(28)16(3)26(13-17-7-5-6-8-20(17)24)21(27)14-29-18-9-10-19(23)15(2)12-18/h5-10,12,16H,4,11,13-14H2,1-3H3,(H,25,28)/t16-/m1/s1. The highest BCUT2D eigenvalue weighted by Gasteiger charge is 2.27. The van der Waals surface area contributed by atoms with Gasteiger partial charge in [0.1, 0.15) is 17.6 Å². The van der Waals surface area contributed by atoms with Crippen molar-refractivity contribution in [1.29, 1.82) is 0 Å². The number of ether oxygens (including phenoxy) is 1. The van der Waals surface area contributed by atoms with Crippen molar-refractivity contribution < 1.29 is 18.7 Å². The van der Waals surface area contributed by atoms with E-state index in [0.29, 0.717) is 22.9 Å². The number of rotatable bonds is 9. The second-order valence-corrected chi connectivity index (χ2v) is 7.19. The lowest BCUT2D eigenvalue weighted by molar-refractivity contribution is -0.142. The predicted octanol–water partition coefficient (Wildman–Crippen LogP) is 4.11. The Morgan fingerprint density at radius 3 is 2.62 bits per heavy atom. The van der Waals surface area contributed by atoms with Crippen LogP contribution in [0.15, 0.2) is 42.5 Å². The van der Waals surface area contributed by atoms with Crippen LogP contribution in [0.4, 0.5) is 4.39 Å². The SMILES string of the molecule is CCCNC(=O)[C@@H](C)N(Cc1ccccc1F)C(=O)COc1ccc(Cl)c(C)c1. The third-order valence-electron chi connectivity index (χ3n) is 4.51. The summed E-state index contributed by atoms with van der Waals surface area (Å²) in [6.07, 6.45) is 0.777. The van der Waals surface area contributed by atoms with Gasteiger partial charge >= 0.3 is 0 Å². The lowest BCUT2D eigenvalue weighted by Gasteiger charge is -2.29. The first-order chi connectivity index (χ1) is 13.8. The van der Waals surface area contributed by atoms with Gasteiger partial charge in [0.2, 0.25) is 5.91 Å². The van der Waals surface area contributed by atoms with E-state index in [0.717, 1.165) is 12.0 Å². The predicted molar refractivity (Wildman–Crippen MR) is 111 cm³/mol. The fourth-order valence-electron chi connectivity index (χ4n) is 2.72. The van der Waals surface area contributed by atoms with Crippen molar-refractivity contribution in [2.45, 2.75) is 39.8 Å². The number of amides is 2. The smallest absolute Gasteiger partial charge is 0.261 e. The molecular weight excluding hydrogens is 395 g/mol. The van der Waals surface area contributed by atoms with E-state index in [9.17, 15) is 14.0 Å². The van der Waals surface area contributed by atoms with E-state index in [1.807, 2.05) is 13.8 Å². The lowest BCUT2D eigenvalue weighted by atomic mass is 10.1. The fraction of sp³-hybridized carbons (Fsp3) is 0.364. The summed E-state index contributed by atoms with van der Waals surface area (Å²) in [5, 5.41) is 3.38. The van der Waals surface area contributed by atoms with Gasteiger partial charge in [0.25, 0.3) is 5.91 Å². The number of carbonyl (C=O) groups is 2. The van der Waals surface area contributed by atoms with Crippen LogP contribution in [0.25, 0.3) is 0 Å². The average molecular weight is 421 g/mol. The van der Waals surface area contributed by atoms with Gasteiger partial charge in [-0.1, -0.05) is 36.7 Å². The Balaban J connectivity index is 2.15. The second kappa shape index (κ2) is 10.8. The molecular formula is C22H26ClFN2O3. The monoisotopic (exact) mass is 420 g/mol. The van der Waals surface area contributed by atoms with Gasteiger partial charge in [0.15, 0.2) is 6.61 Å². The van der Waals surface area contributed by atoms with Crippen LogP contribution in [0, 0.1) is 12.7 Å². The van der Waals surface area contributed by atoms with E-state index in [-0.39, 0.29) is 19.1 Å². The Kier molecular flexibility index (Phi) is 8.46. The Bertz CT molecular complexity index is 860. The number of aryl methyl sites for hydroxylation is 1. The van der Waals surface area contributed by atoms with E-state index in [1.54, 1.807) is 43.3 Å². The van der Waals surface area contributed by atoms with Crippen LogP contribution in [-0.4, -0.2) is 35.9 Å². The zero-order valence-electron chi connectivity index (χ0n) is 16.9. The van der Waals surface area contributed by atoms with Crippen molar-refractivity contribution in [3.63, 3.8) is 0 Å². The van der Waals surface area contributed by atoms with Crippen molar-refractivity contribution >= 4 is 23.4 Å². The molecule has 0 aliphatic heterocycles. The van der Waals surface area contributed by atoms with Gasteiger partial charge in [-0.3, -0.25) is 9.59 Å². The van der Waals surface area contributed by atoms with Crippen LogP contribution in [0.1, 0.15) is 31.4 Å². The van der Waals surface area contributed by atoms with E-state index >= 15 is 0 Å². The molecule has 0 aliphatic carbocycles. The number of nitrogens with one attached hydrogen (secondary N) is 1. The van der Waals surface area contributed by atoms with Gasteiger partial charge in [-0.15, -0.1) is 0 Å². The van der Waals surface area contributed by atoms with Gasteiger partial charge in [-0.05, 0) is 50.1 Å². The molecule has 29 heavy (non-hydrogen) atoms. The summed E-state index contributed by atoms with van der Waals surface area (Å²) in [6, 6.07) is 10.5. The van der Waals surface area contributed by atoms with Crippen molar-refractivity contribution in [2.24, 2.45) is 0 Å². The highest BCUT2D eigenvalue weighted by molar-refractivity contribution is 6.31. The maximum atomic E-state index is 14.1. The van der Waals surface area contributed by atoms with Crippen LogP contribution < -0.4 is 10.1 Å². The lowest BCUT2D eigenvalue weighted by Crippen LogP contribution is -2.49. The summed E-state index contributed by atoms with van der Waals surface area (Å²) in [5.74, 6) is -0.645. The number of hydrogen-bond donors (Lipinski definition) is 1. The summed E-state index contributed by atoms with van der Waals surface area (Å²) in [4.78, 5) is 26.6. The number of benzene rings is 2. The normalized spacial score (nSPS) is 11.6.